The van der Waals surface area contributed by atoms with Gasteiger partial charge in [-0.15, -0.1) is 0 Å². The second kappa shape index (κ2) is 8.09. The van der Waals surface area contributed by atoms with E-state index in [4.69, 9.17) is 0 Å². The molecule has 4 heteroatoms. The number of rotatable bonds is 6. The number of alkyl halides is 3. The average Bonchev–Trinajstić information content (AvgIpc) is 2.66. The van der Waals surface area contributed by atoms with Crippen molar-refractivity contribution in [2.75, 3.05) is 11.9 Å². The summed E-state index contributed by atoms with van der Waals surface area (Å²) in [6.45, 7) is 0.643. The smallest absolute Gasteiger partial charge is 0.384 e. The van der Waals surface area contributed by atoms with Gasteiger partial charge in [0, 0.05) is 18.2 Å². The molecule has 1 unspecified atom stereocenters. The number of hydrogen-bond acceptors (Lipinski definition) is 1. The van der Waals surface area contributed by atoms with E-state index in [2.05, 4.69) is 5.32 Å². The van der Waals surface area contributed by atoms with E-state index in [1.54, 1.807) is 12.1 Å². The van der Waals surface area contributed by atoms with Crippen LogP contribution in [0.4, 0.5) is 18.9 Å². The SMILES string of the molecule is FC(F)(F)c1ccc(C(CNc2ccccc2)Cc2ccccc2)cc1. The van der Waals surface area contributed by atoms with E-state index in [9.17, 15) is 13.2 Å². The predicted molar refractivity (Wildman–Crippen MR) is 99.3 cm³/mol. The van der Waals surface area contributed by atoms with Crippen LogP contribution in [-0.2, 0) is 12.6 Å². The molecule has 3 aromatic rings. The van der Waals surface area contributed by atoms with Gasteiger partial charge in [0.1, 0.15) is 0 Å². The highest BCUT2D eigenvalue weighted by Crippen LogP contribution is 2.31. The third-order valence-corrected chi connectivity index (χ3v) is 4.36. The summed E-state index contributed by atoms with van der Waals surface area (Å²) in [4.78, 5) is 0. The summed E-state index contributed by atoms with van der Waals surface area (Å²) in [6, 6.07) is 25.3. The standard InChI is InChI=1S/C22H20F3N/c23-22(24,25)20-13-11-18(12-14-20)19(15-17-7-3-1-4-8-17)16-26-21-9-5-2-6-10-21/h1-14,19,26H,15-16H2. The van der Waals surface area contributed by atoms with Gasteiger partial charge in [0.2, 0.25) is 0 Å². The summed E-state index contributed by atoms with van der Waals surface area (Å²) in [6.07, 6.45) is -3.55. The first-order valence-corrected chi connectivity index (χ1v) is 8.52. The maximum absolute atomic E-state index is 12.8. The van der Waals surface area contributed by atoms with Crippen LogP contribution in [0, 0.1) is 0 Å². The van der Waals surface area contributed by atoms with Gasteiger partial charge in [0.05, 0.1) is 5.56 Å². The van der Waals surface area contributed by atoms with Gasteiger partial charge >= 0.3 is 6.18 Å². The molecule has 0 amide bonds. The molecule has 134 valence electrons. The molecule has 1 N–H and O–H groups in total. The quantitative estimate of drug-likeness (QED) is 0.560. The van der Waals surface area contributed by atoms with Crippen LogP contribution >= 0.6 is 0 Å². The maximum atomic E-state index is 12.8. The Hall–Kier alpha value is -2.75. The van der Waals surface area contributed by atoms with Crippen molar-refractivity contribution in [3.63, 3.8) is 0 Å². The number of para-hydroxylation sites is 1. The molecule has 0 heterocycles. The Balaban J connectivity index is 1.79. The molecular formula is C22H20F3N. The van der Waals surface area contributed by atoms with Gasteiger partial charge in [-0.2, -0.15) is 13.2 Å². The van der Waals surface area contributed by atoms with Crippen LogP contribution in [0.2, 0.25) is 0 Å². The minimum atomic E-state index is -4.31. The highest BCUT2D eigenvalue weighted by molar-refractivity contribution is 5.43. The lowest BCUT2D eigenvalue weighted by atomic mass is 9.91. The number of benzene rings is 3. The van der Waals surface area contributed by atoms with E-state index in [0.29, 0.717) is 6.54 Å². The summed E-state index contributed by atoms with van der Waals surface area (Å²) < 4.78 is 38.5. The molecule has 0 aliphatic rings. The van der Waals surface area contributed by atoms with Crippen molar-refractivity contribution in [2.45, 2.75) is 18.5 Å². The summed E-state index contributed by atoms with van der Waals surface area (Å²) in [5.41, 5.74) is 2.44. The zero-order chi connectivity index (χ0) is 18.4. The van der Waals surface area contributed by atoms with E-state index >= 15 is 0 Å². The lowest BCUT2D eigenvalue weighted by Crippen LogP contribution is -2.15. The molecule has 0 bridgehead atoms. The van der Waals surface area contributed by atoms with Crippen molar-refractivity contribution in [1.82, 2.24) is 0 Å². The second-order valence-electron chi connectivity index (χ2n) is 6.25. The molecule has 1 atom stereocenters. The number of halogens is 3. The molecule has 0 aliphatic carbocycles. The Bertz CT molecular complexity index is 796. The largest absolute Gasteiger partial charge is 0.416 e. The molecule has 1 nitrogen and oxygen atoms in total. The van der Waals surface area contributed by atoms with Crippen LogP contribution in [0.3, 0.4) is 0 Å². The summed E-state index contributed by atoms with van der Waals surface area (Å²) in [5, 5.41) is 3.39. The van der Waals surface area contributed by atoms with Crippen molar-refractivity contribution in [2.24, 2.45) is 0 Å². The van der Waals surface area contributed by atoms with Crippen LogP contribution < -0.4 is 5.32 Å². The van der Waals surface area contributed by atoms with Gasteiger partial charge in [-0.25, -0.2) is 0 Å². The van der Waals surface area contributed by atoms with Gasteiger partial charge in [-0.05, 0) is 41.8 Å². The first kappa shape index (κ1) is 18.1. The van der Waals surface area contributed by atoms with Crippen molar-refractivity contribution in [3.8, 4) is 0 Å². The fraction of sp³-hybridized carbons (Fsp3) is 0.182. The van der Waals surface area contributed by atoms with Gasteiger partial charge < -0.3 is 5.32 Å². The monoisotopic (exact) mass is 355 g/mol. The van der Waals surface area contributed by atoms with Crippen molar-refractivity contribution in [1.29, 1.82) is 0 Å². The van der Waals surface area contributed by atoms with E-state index in [1.807, 2.05) is 60.7 Å². The molecule has 0 saturated heterocycles. The molecule has 0 aromatic heterocycles. The van der Waals surface area contributed by atoms with Crippen LogP contribution in [0.15, 0.2) is 84.9 Å². The molecule has 26 heavy (non-hydrogen) atoms. The van der Waals surface area contributed by atoms with Crippen molar-refractivity contribution in [3.05, 3.63) is 102 Å². The minimum absolute atomic E-state index is 0.0693. The van der Waals surface area contributed by atoms with E-state index in [1.165, 1.54) is 0 Å². The van der Waals surface area contributed by atoms with Gasteiger partial charge in [0.25, 0.3) is 0 Å². The fourth-order valence-electron chi connectivity index (χ4n) is 2.95. The van der Waals surface area contributed by atoms with E-state index in [-0.39, 0.29) is 5.92 Å². The maximum Gasteiger partial charge on any atom is 0.416 e. The Morgan fingerprint density at radius 1 is 0.731 bits per heavy atom. The third kappa shape index (κ3) is 4.88. The molecule has 0 radical (unpaired) electrons. The minimum Gasteiger partial charge on any atom is -0.384 e. The second-order valence-corrected chi connectivity index (χ2v) is 6.25. The van der Waals surface area contributed by atoms with Crippen molar-refractivity contribution >= 4 is 5.69 Å². The molecule has 0 spiro atoms. The summed E-state index contributed by atoms with van der Waals surface area (Å²) >= 11 is 0. The number of anilines is 1. The topological polar surface area (TPSA) is 12.0 Å². The molecule has 0 saturated carbocycles. The van der Waals surface area contributed by atoms with Crippen molar-refractivity contribution < 1.29 is 13.2 Å². The first-order valence-electron chi connectivity index (χ1n) is 8.52. The Kier molecular flexibility index (Phi) is 5.61. The molecule has 3 aromatic carbocycles. The first-order chi connectivity index (χ1) is 12.5. The van der Waals surface area contributed by atoms with Gasteiger partial charge in [0.15, 0.2) is 0 Å². The average molecular weight is 355 g/mol. The van der Waals surface area contributed by atoms with E-state index < -0.39 is 11.7 Å². The normalized spacial score (nSPS) is 12.6. The van der Waals surface area contributed by atoms with Gasteiger partial charge in [-0.3, -0.25) is 0 Å². The fourth-order valence-corrected chi connectivity index (χ4v) is 2.95. The highest BCUT2D eigenvalue weighted by Gasteiger charge is 2.30. The van der Waals surface area contributed by atoms with Crippen LogP contribution in [-0.4, -0.2) is 6.54 Å². The molecule has 0 fully saturated rings. The predicted octanol–water partition coefficient (Wildman–Crippen LogP) is 6.14. The Morgan fingerprint density at radius 3 is 1.88 bits per heavy atom. The van der Waals surface area contributed by atoms with E-state index in [0.717, 1.165) is 35.4 Å². The zero-order valence-corrected chi connectivity index (χ0v) is 14.2. The molecule has 3 rings (SSSR count). The number of nitrogens with one attached hydrogen (secondary N) is 1. The van der Waals surface area contributed by atoms with Crippen LogP contribution in [0.1, 0.15) is 22.6 Å². The van der Waals surface area contributed by atoms with Crippen LogP contribution in [0.5, 0.6) is 0 Å². The van der Waals surface area contributed by atoms with Crippen LogP contribution in [0.25, 0.3) is 0 Å². The molecule has 0 aliphatic heterocycles. The molecular weight excluding hydrogens is 335 g/mol. The zero-order valence-electron chi connectivity index (χ0n) is 14.2. The Labute approximate surface area is 151 Å². The summed E-state index contributed by atoms with van der Waals surface area (Å²) in [5.74, 6) is 0.0693. The Morgan fingerprint density at radius 2 is 1.31 bits per heavy atom. The van der Waals surface area contributed by atoms with Gasteiger partial charge in [-0.1, -0.05) is 60.7 Å². The lowest BCUT2D eigenvalue weighted by molar-refractivity contribution is -0.137. The summed E-state index contributed by atoms with van der Waals surface area (Å²) in [7, 11) is 0. The lowest BCUT2D eigenvalue weighted by Gasteiger charge is -2.20. The highest BCUT2D eigenvalue weighted by atomic mass is 19.4. The number of hydrogen-bond donors (Lipinski definition) is 1. The third-order valence-electron chi connectivity index (χ3n) is 4.36.